The van der Waals surface area contributed by atoms with E-state index in [-0.39, 0.29) is 92.4 Å². The first-order valence-corrected chi connectivity index (χ1v) is 22.9. The second-order valence-electron chi connectivity index (χ2n) is 16.2. The minimum absolute atomic E-state index is 0. The second kappa shape index (κ2) is 40.0. The molecule has 0 fully saturated rings. The van der Waals surface area contributed by atoms with Gasteiger partial charge in [-0.25, -0.2) is 48.9 Å². The molecule has 2 radical (unpaired) electrons. The number of nitrogens with zero attached hydrogens (tertiary/aromatic N) is 8. The van der Waals surface area contributed by atoms with Gasteiger partial charge in [-0.05, 0) is 6.92 Å². The van der Waals surface area contributed by atoms with Crippen molar-refractivity contribution < 1.29 is 108 Å². The number of aromatic nitrogens is 8. The number of imidazole rings is 4. The van der Waals surface area contributed by atoms with Crippen molar-refractivity contribution in [1.29, 1.82) is 0 Å². The molecule has 22 N–H and O–H groups in total. The summed E-state index contributed by atoms with van der Waals surface area (Å²) < 4.78 is 3.40. The molecule has 4 aromatic rings. The molecule has 0 aliphatic carbocycles. The number of hydrogen-bond donors (Lipinski definition) is 17. The summed E-state index contributed by atoms with van der Waals surface area (Å²) in [4.78, 5) is 138. The van der Waals surface area contributed by atoms with E-state index in [4.69, 9.17) is 54.2 Å². The van der Waals surface area contributed by atoms with Gasteiger partial charge in [0.15, 0.2) is 0 Å². The number of amides is 5. The summed E-state index contributed by atoms with van der Waals surface area (Å²) in [5, 5.41) is 56.0. The zero-order valence-corrected chi connectivity index (χ0v) is 45.0. The van der Waals surface area contributed by atoms with Crippen molar-refractivity contribution in [2.75, 3.05) is 32.7 Å². The monoisotopic (exact) mass is 1230 g/mol. The van der Waals surface area contributed by atoms with Gasteiger partial charge in [0.2, 0.25) is 29.5 Å². The molecular weight excluding hydrogens is 1160 g/mol. The maximum Gasteiger partial charge on any atom is 0.326 e. The van der Waals surface area contributed by atoms with Gasteiger partial charge >= 0.3 is 29.8 Å². The van der Waals surface area contributed by atoms with Gasteiger partial charge in [-0.3, -0.25) is 29.0 Å². The van der Waals surface area contributed by atoms with E-state index in [0.29, 0.717) is 23.6 Å². The fourth-order valence-corrected chi connectivity index (χ4v) is 5.79. The number of carboxylic acid groups (broad SMARTS) is 5. The van der Waals surface area contributed by atoms with Crippen molar-refractivity contribution in [3.05, 3.63) is 72.9 Å². The number of carbonyl (C=O) groups is 10. The van der Waals surface area contributed by atoms with Crippen LogP contribution < -0.4 is 55.3 Å². The molecule has 80 heavy (non-hydrogen) atoms. The molecule has 5 amide bonds. The normalized spacial score (nSPS) is 12.9. The average Bonchev–Trinajstić information content (AvgIpc) is 4.28. The summed E-state index contributed by atoms with van der Waals surface area (Å²) in [6, 6.07) is -5.66. The Kier molecular flexibility index (Phi) is 36.9. The van der Waals surface area contributed by atoms with E-state index in [1.165, 1.54) is 38.3 Å². The van der Waals surface area contributed by atoms with Gasteiger partial charge in [-0.15, -0.1) is 0 Å². The van der Waals surface area contributed by atoms with E-state index in [9.17, 15) is 47.9 Å². The first kappa shape index (κ1) is 73.8. The maximum atomic E-state index is 11.3. The van der Waals surface area contributed by atoms with E-state index < -0.39 is 95.6 Å². The van der Waals surface area contributed by atoms with Crippen LogP contribution in [0.5, 0.6) is 0 Å². The van der Waals surface area contributed by atoms with E-state index >= 15 is 0 Å². The zero-order chi connectivity index (χ0) is 58.9. The Hall–Kier alpha value is -8.28. The van der Waals surface area contributed by atoms with Crippen molar-refractivity contribution >= 4 is 71.4 Å². The number of aromatic amines is 2. The minimum atomic E-state index is -1.11. The Bertz CT molecular complexity index is 2490. The van der Waals surface area contributed by atoms with Crippen LogP contribution in [0.1, 0.15) is 36.1 Å². The van der Waals surface area contributed by atoms with Gasteiger partial charge in [-0.2, -0.15) is 0 Å². The van der Waals surface area contributed by atoms with E-state index in [2.05, 4.69) is 66.5 Å². The summed E-state index contributed by atoms with van der Waals surface area (Å²) in [5.41, 5.74) is 29.0. The summed E-state index contributed by atoms with van der Waals surface area (Å²) in [7, 11) is 3.51. The summed E-state index contributed by atoms with van der Waals surface area (Å²) in [5.74, 6) is -7.98. The fourth-order valence-electron chi connectivity index (χ4n) is 5.79. The molecule has 0 spiro atoms. The number of H-pyrrole nitrogens is 2. The number of rotatable bonds is 25. The Balaban J connectivity index is 0. The Labute approximate surface area is 476 Å². The molecule has 0 saturated heterocycles. The van der Waals surface area contributed by atoms with Crippen LogP contribution in [0, 0.1) is 0 Å². The largest absolute Gasteiger partial charge is 0.480 e. The van der Waals surface area contributed by atoms with Gasteiger partial charge in [0.05, 0.1) is 64.1 Å². The van der Waals surface area contributed by atoms with Gasteiger partial charge < -0.3 is 99.9 Å². The molecule has 5 rings (SSSR count). The van der Waals surface area contributed by atoms with Crippen LogP contribution in [0.3, 0.4) is 0 Å². The third-order valence-electron chi connectivity index (χ3n) is 9.96. The number of nitrogens with one attached hydrogen (secondary N) is 7. The molecule has 4 aromatic heterocycles. The van der Waals surface area contributed by atoms with Crippen LogP contribution in [-0.4, -0.2) is 205 Å². The Morgan fingerprint density at radius 3 is 1.09 bits per heavy atom. The van der Waals surface area contributed by atoms with Crippen molar-refractivity contribution in [1.82, 2.24) is 65.6 Å². The van der Waals surface area contributed by atoms with Crippen molar-refractivity contribution in [2.45, 2.75) is 75.3 Å². The van der Waals surface area contributed by atoms with E-state index in [1.807, 2.05) is 0 Å². The number of aryl methyl sites for hydroxylation is 2. The van der Waals surface area contributed by atoms with E-state index in [0.717, 1.165) is 11.4 Å². The predicted octanol–water partition coefficient (Wildman–Crippen LogP) is -7.29. The van der Waals surface area contributed by atoms with E-state index in [1.54, 1.807) is 48.3 Å². The number of nitrogens with two attached hydrogens (primary N) is 5. The summed E-state index contributed by atoms with van der Waals surface area (Å²) in [6.45, 7) is 0.964. The number of hydrogen-bond acceptors (Lipinski definition) is 21. The molecular formula is C43H66Cu2N20O15. The standard InChI is InChI=1S/3C9H14N4O3.2C8H12N4O3.2Cu/c2*1-13-5-11-4-6(13)2-7(9(15)16)12-8(14)3-10;1-5(10)8(14)13-7(9(15)16)2-6-3-11-4-12-6;2*9-2-7(13)12-6(8(14)15)1-5-3-10-4-11-5;;/h2*4-5,7H,2-3,10H2,1H3,(H,12,14)(H,15,16);4-5,7H,2-3,10H2,1H3,(H,13,14)(H,15,16);2*3-4,6H,1-2,9H2,(H,10,11)(H,12,13)(H,14,15);;/t2*7-;5-,7-;2*6-;;/m00000../s1. The second-order valence-corrected chi connectivity index (χ2v) is 16.2. The third-order valence-corrected chi connectivity index (χ3v) is 9.96. The van der Waals surface area contributed by atoms with Crippen molar-refractivity contribution in [2.24, 2.45) is 52.7 Å². The first-order valence-electron chi connectivity index (χ1n) is 22.9. The quantitative estimate of drug-likeness (QED) is 0.0274. The molecule has 0 unspecified atom stereocenters. The molecule has 0 aromatic carbocycles. The van der Waals surface area contributed by atoms with Gasteiger partial charge in [0, 0.05) is 134 Å². The molecule has 35 nitrogen and oxygen atoms in total. The molecule has 1 aliphatic heterocycles. The van der Waals surface area contributed by atoms with Crippen LogP contribution in [0.25, 0.3) is 0 Å². The first-order chi connectivity index (χ1) is 36.8. The van der Waals surface area contributed by atoms with Gasteiger partial charge in [0.25, 0.3) is 0 Å². The van der Waals surface area contributed by atoms with Crippen LogP contribution in [-0.2, 0) is 122 Å². The summed E-state index contributed by atoms with van der Waals surface area (Å²) >= 11 is 0. The molecule has 0 saturated carbocycles. The van der Waals surface area contributed by atoms with Crippen LogP contribution in [0.15, 0.2) is 60.1 Å². The summed E-state index contributed by atoms with van der Waals surface area (Å²) in [6.07, 6.45) is 14.3. The van der Waals surface area contributed by atoms with Gasteiger partial charge in [-0.1, -0.05) is 0 Å². The molecule has 1 aliphatic rings. The number of carbonyl (C=O) groups excluding carboxylic acids is 5. The topological polar surface area (TPSA) is 580 Å². The molecule has 37 heteroatoms. The Morgan fingerprint density at radius 1 is 0.525 bits per heavy atom. The number of aliphatic carboxylic acids is 5. The Morgan fingerprint density at radius 2 is 0.850 bits per heavy atom. The fraction of sp³-hybridized carbons (Fsp3) is 0.442. The van der Waals surface area contributed by atoms with Gasteiger partial charge in [0.1, 0.15) is 36.5 Å². The minimum Gasteiger partial charge on any atom is -0.480 e. The molecule has 5 heterocycles. The molecule has 0 bridgehead atoms. The molecule has 450 valence electrons. The van der Waals surface area contributed by atoms with Crippen LogP contribution in [0.4, 0.5) is 0 Å². The smallest absolute Gasteiger partial charge is 0.326 e. The zero-order valence-electron chi connectivity index (χ0n) is 43.1. The molecule has 6 atom stereocenters. The SMILES string of the molecule is C[C@H](N)C(=O)N[C@@H](CC1=NC=NC1)C(=O)O.Cn1cncc1C[C@H](NC(=O)CN)C(=O)O.Cn1cncc1C[C@H](NC(=O)CN)C(=O)O.NCC(=O)N[C@@H](Cc1cnc[nH]1)C(=O)O.NCC(=O)N[C@@H](Cc1cnc[nH]1)C(=O)O.[Cu].[Cu]. The maximum absolute atomic E-state index is 11.3. The predicted molar refractivity (Wildman–Crippen MR) is 272 cm³/mol. The average molecular weight is 1230 g/mol. The van der Waals surface area contributed by atoms with Crippen molar-refractivity contribution in [3.63, 3.8) is 0 Å². The number of carboxylic acids is 5. The van der Waals surface area contributed by atoms with Crippen LogP contribution in [0.2, 0.25) is 0 Å². The number of aliphatic imine (C=N–C) groups is 2. The van der Waals surface area contributed by atoms with Crippen molar-refractivity contribution in [3.8, 4) is 0 Å². The van der Waals surface area contributed by atoms with Crippen LogP contribution >= 0.6 is 0 Å². The third kappa shape index (κ3) is 30.0.